The van der Waals surface area contributed by atoms with E-state index < -0.39 is 0 Å². The number of aromatic nitrogens is 1. The van der Waals surface area contributed by atoms with Crippen molar-refractivity contribution < 1.29 is 4.79 Å². The van der Waals surface area contributed by atoms with E-state index >= 15 is 0 Å². The highest BCUT2D eigenvalue weighted by Gasteiger charge is 2.15. The summed E-state index contributed by atoms with van der Waals surface area (Å²) >= 11 is 1.39. The molecule has 128 valence electrons. The first-order valence-corrected chi connectivity index (χ1v) is 9.13. The molecule has 5 heteroatoms. The van der Waals surface area contributed by atoms with Gasteiger partial charge in [0.05, 0.1) is 16.8 Å². The maximum atomic E-state index is 12.1. The van der Waals surface area contributed by atoms with E-state index in [9.17, 15) is 4.79 Å². The molecule has 0 atom stereocenters. The molecule has 0 fully saturated rings. The number of carbonyl (C=O) groups is 1. The molecule has 2 aromatic carbocycles. The number of hydrogen-bond acceptors (Lipinski definition) is 3. The third-order valence-corrected chi connectivity index (χ3v) is 5.17. The SMILES string of the molecule is Cn1c(-c2ccccc2)c(C=NNC(=O)c2cccs2)c2ccccc21. The van der Waals surface area contributed by atoms with E-state index in [1.54, 1.807) is 12.3 Å². The number of rotatable bonds is 4. The molecule has 0 aliphatic rings. The number of thiophene rings is 1. The van der Waals surface area contributed by atoms with Gasteiger partial charge in [0.2, 0.25) is 0 Å². The van der Waals surface area contributed by atoms with Crippen molar-refractivity contribution in [2.75, 3.05) is 0 Å². The Balaban J connectivity index is 1.76. The van der Waals surface area contributed by atoms with Crippen molar-refractivity contribution in [3.05, 3.63) is 82.6 Å². The van der Waals surface area contributed by atoms with Gasteiger partial charge in [0.1, 0.15) is 0 Å². The minimum atomic E-state index is -0.197. The molecule has 0 aliphatic heterocycles. The highest BCUT2D eigenvalue weighted by Crippen LogP contribution is 2.31. The smallest absolute Gasteiger partial charge is 0.281 e. The summed E-state index contributed by atoms with van der Waals surface area (Å²) in [6.07, 6.45) is 1.73. The van der Waals surface area contributed by atoms with Crippen molar-refractivity contribution in [1.82, 2.24) is 9.99 Å². The van der Waals surface area contributed by atoms with Crippen molar-refractivity contribution in [3.63, 3.8) is 0 Å². The minimum Gasteiger partial charge on any atom is -0.343 e. The quantitative estimate of drug-likeness (QED) is 0.418. The fraction of sp³-hybridized carbons (Fsp3) is 0.0476. The molecule has 0 radical (unpaired) electrons. The number of fused-ring (bicyclic) bond motifs is 1. The van der Waals surface area contributed by atoms with Crippen molar-refractivity contribution >= 4 is 34.4 Å². The van der Waals surface area contributed by atoms with Crippen LogP contribution in [0.3, 0.4) is 0 Å². The highest BCUT2D eigenvalue weighted by atomic mass is 32.1. The summed E-state index contributed by atoms with van der Waals surface area (Å²) in [5, 5.41) is 7.19. The lowest BCUT2D eigenvalue weighted by molar-refractivity contribution is 0.0959. The molecule has 0 saturated carbocycles. The average molecular weight is 359 g/mol. The van der Waals surface area contributed by atoms with Gasteiger partial charge >= 0.3 is 0 Å². The van der Waals surface area contributed by atoms with Crippen LogP contribution in [-0.2, 0) is 7.05 Å². The Hall–Kier alpha value is -3.18. The zero-order valence-electron chi connectivity index (χ0n) is 14.2. The van der Waals surface area contributed by atoms with Crippen LogP contribution >= 0.6 is 11.3 Å². The standard InChI is InChI=1S/C21H17N3OS/c1-24-18-11-6-5-10-16(18)17(20(24)15-8-3-2-4-9-15)14-22-23-21(25)19-12-7-13-26-19/h2-14H,1H3,(H,23,25). The van der Waals surface area contributed by atoms with E-state index in [-0.39, 0.29) is 5.91 Å². The topological polar surface area (TPSA) is 46.4 Å². The van der Waals surface area contributed by atoms with Gasteiger partial charge in [-0.25, -0.2) is 5.43 Å². The number of amides is 1. The number of nitrogens with one attached hydrogen (secondary N) is 1. The van der Waals surface area contributed by atoms with Gasteiger partial charge < -0.3 is 4.57 Å². The van der Waals surface area contributed by atoms with Crippen molar-refractivity contribution in [2.24, 2.45) is 12.1 Å². The van der Waals surface area contributed by atoms with Gasteiger partial charge in [-0.3, -0.25) is 4.79 Å². The van der Waals surface area contributed by atoms with E-state index in [0.29, 0.717) is 4.88 Å². The van der Waals surface area contributed by atoms with Crippen LogP contribution in [0.15, 0.2) is 77.2 Å². The minimum absolute atomic E-state index is 0.197. The summed E-state index contributed by atoms with van der Waals surface area (Å²) in [6, 6.07) is 22.0. The van der Waals surface area contributed by atoms with Crippen LogP contribution < -0.4 is 5.43 Å². The number of para-hydroxylation sites is 1. The van der Waals surface area contributed by atoms with Gasteiger partial charge in [0, 0.05) is 23.5 Å². The summed E-state index contributed by atoms with van der Waals surface area (Å²) in [7, 11) is 2.05. The average Bonchev–Trinajstić information content (AvgIpc) is 3.30. The molecular weight excluding hydrogens is 342 g/mol. The third-order valence-electron chi connectivity index (χ3n) is 4.30. The van der Waals surface area contributed by atoms with E-state index in [2.05, 4.69) is 39.4 Å². The molecule has 2 aromatic heterocycles. The number of benzene rings is 2. The molecule has 2 heterocycles. The Bertz CT molecular complexity index is 1080. The molecule has 0 unspecified atom stereocenters. The highest BCUT2D eigenvalue weighted by molar-refractivity contribution is 7.12. The Morgan fingerprint density at radius 1 is 1.04 bits per heavy atom. The predicted molar refractivity (Wildman–Crippen MR) is 108 cm³/mol. The molecule has 0 bridgehead atoms. The van der Waals surface area contributed by atoms with Crippen LogP contribution in [0.25, 0.3) is 22.2 Å². The fourth-order valence-corrected chi connectivity index (χ4v) is 3.73. The van der Waals surface area contributed by atoms with Gasteiger partial charge in [-0.1, -0.05) is 54.6 Å². The fourth-order valence-electron chi connectivity index (χ4n) is 3.12. The van der Waals surface area contributed by atoms with Crippen LogP contribution in [0.1, 0.15) is 15.2 Å². The molecule has 0 aliphatic carbocycles. The maximum Gasteiger partial charge on any atom is 0.281 e. The molecule has 0 spiro atoms. The number of carbonyl (C=O) groups excluding carboxylic acids is 1. The Kier molecular flexibility index (Phi) is 4.37. The second-order valence-corrected chi connectivity index (χ2v) is 6.83. The van der Waals surface area contributed by atoms with Gasteiger partial charge in [-0.05, 0) is 23.1 Å². The second kappa shape index (κ2) is 6.98. The molecule has 4 aromatic rings. The first kappa shape index (κ1) is 16.3. The molecule has 4 nitrogen and oxygen atoms in total. The van der Waals surface area contributed by atoms with Crippen LogP contribution in [0.2, 0.25) is 0 Å². The molecule has 0 saturated heterocycles. The lowest BCUT2D eigenvalue weighted by Crippen LogP contribution is -2.16. The summed E-state index contributed by atoms with van der Waals surface area (Å²) < 4.78 is 2.16. The summed E-state index contributed by atoms with van der Waals surface area (Å²) in [6.45, 7) is 0. The summed E-state index contributed by atoms with van der Waals surface area (Å²) in [4.78, 5) is 12.7. The second-order valence-electron chi connectivity index (χ2n) is 5.88. The normalized spacial score (nSPS) is 11.3. The van der Waals surface area contributed by atoms with E-state index in [0.717, 1.165) is 27.7 Å². The van der Waals surface area contributed by atoms with Crippen molar-refractivity contribution in [2.45, 2.75) is 0 Å². The Morgan fingerprint density at radius 2 is 1.81 bits per heavy atom. The van der Waals surface area contributed by atoms with Crippen LogP contribution in [-0.4, -0.2) is 16.7 Å². The molecule has 26 heavy (non-hydrogen) atoms. The Morgan fingerprint density at radius 3 is 2.58 bits per heavy atom. The number of hydrazone groups is 1. The van der Waals surface area contributed by atoms with Gasteiger partial charge in [0.25, 0.3) is 5.91 Å². The zero-order valence-corrected chi connectivity index (χ0v) is 15.0. The van der Waals surface area contributed by atoms with Gasteiger partial charge in [-0.15, -0.1) is 11.3 Å². The van der Waals surface area contributed by atoms with Crippen molar-refractivity contribution in [3.8, 4) is 11.3 Å². The largest absolute Gasteiger partial charge is 0.343 e. The summed E-state index contributed by atoms with van der Waals surface area (Å²) in [5.74, 6) is -0.197. The lowest BCUT2D eigenvalue weighted by atomic mass is 10.1. The Labute approximate surface area is 155 Å². The monoisotopic (exact) mass is 359 g/mol. The number of hydrogen-bond donors (Lipinski definition) is 1. The van der Waals surface area contributed by atoms with Crippen molar-refractivity contribution in [1.29, 1.82) is 0 Å². The third kappa shape index (κ3) is 2.93. The molecule has 1 amide bonds. The van der Waals surface area contributed by atoms with Gasteiger partial charge in [-0.2, -0.15) is 5.10 Å². The zero-order chi connectivity index (χ0) is 17.9. The summed E-state index contributed by atoms with van der Waals surface area (Å²) in [5.41, 5.74) is 6.91. The van der Waals surface area contributed by atoms with E-state index in [1.807, 2.05) is 48.8 Å². The van der Waals surface area contributed by atoms with Crippen LogP contribution in [0.4, 0.5) is 0 Å². The first-order chi connectivity index (χ1) is 12.8. The molecule has 1 N–H and O–H groups in total. The molecular formula is C21H17N3OS. The van der Waals surface area contributed by atoms with Crippen LogP contribution in [0, 0.1) is 0 Å². The van der Waals surface area contributed by atoms with Crippen LogP contribution in [0.5, 0.6) is 0 Å². The van der Waals surface area contributed by atoms with Gasteiger partial charge in [0.15, 0.2) is 0 Å². The number of aryl methyl sites for hydroxylation is 1. The predicted octanol–water partition coefficient (Wildman–Crippen LogP) is 4.67. The number of nitrogens with zero attached hydrogens (tertiary/aromatic N) is 2. The van der Waals surface area contributed by atoms with E-state index in [1.165, 1.54) is 11.3 Å². The maximum absolute atomic E-state index is 12.1. The molecule has 4 rings (SSSR count). The first-order valence-electron chi connectivity index (χ1n) is 8.25. The lowest BCUT2D eigenvalue weighted by Gasteiger charge is -2.06. The van der Waals surface area contributed by atoms with E-state index in [4.69, 9.17) is 0 Å².